The molecule has 1 aromatic carbocycles. The maximum atomic E-state index is 12.4. The molecule has 3 rings (SSSR count). The number of H-pyrrole nitrogens is 1. The quantitative estimate of drug-likeness (QED) is 0.716. The zero-order valence-corrected chi connectivity index (χ0v) is 16.5. The number of rotatable bonds is 5. The molecule has 0 aliphatic rings. The second kappa shape index (κ2) is 6.94. The van der Waals surface area contributed by atoms with Crippen LogP contribution in [0.5, 0.6) is 11.5 Å². The minimum Gasteiger partial charge on any atom is -0.497 e. The predicted octanol–water partition coefficient (Wildman–Crippen LogP) is 3.06. The Morgan fingerprint density at radius 3 is 2.59 bits per heavy atom. The highest BCUT2D eigenvalue weighted by atomic mass is 16.5. The summed E-state index contributed by atoms with van der Waals surface area (Å²) < 4.78 is 12.5. The van der Waals surface area contributed by atoms with Crippen LogP contribution < -0.4 is 20.3 Å². The molecule has 0 fully saturated rings. The fraction of sp³-hybridized carbons (Fsp3) is 0.421. The van der Waals surface area contributed by atoms with Gasteiger partial charge in [0.05, 0.1) is 32.0 Å². The minimum absolute atomic E-state index is 0.155. The summed E-state index contributed by atoms with van der Waals surface area (Å²) in [6, 6.07) is 5.45. The number of hydrogen-bond acceptors (Lipinski definition) is 6. The van der Waals surface area contributed by atoms with Crippen molar-refractivity contribution in [3.05, 3.63) is 40.3 Å². The third kappa shape index (κ3) is 3.60. The van der Waals surface area contributed by atoms with Crippen LogP contribution in [0.2, 0.25) is 0 Å². The van der Waals surface area contributed by atoms with Crippen molar-refractivity contribution in [2.24, 2.45) is 0 Å². The van der Waals surface area contributed by atoms with Gasteiger partial charge in [0.2, 0.25) is 5.95 Å². The molecule has 3 aromatic rings. The number of benzene rings is 1. The Morgan fingerprint density at radius 1 is 1.22 bits per heavy atom. The van der Waals surface area contributed by atoms with Gasteiger partial charge in [-0.05, 0) is 39.8 Å². The number of aromatic amines is 1. The van der Waals surface area contributed by atoms with Gasteiger partial charge in [0.15, 0.2) is 5.65 Å². The molecule has 0 saturated heterocycles. The summed E-state index contributed by atoms with van der Waals surface area (Å²) in [4.78, 5) is 19.8. The predicted molar refractivity (Wildman–Crippen MR) is 105 cm³/mol. The number of methoxy groups -OCH3 is 2. The summed E-state index contributed by atoms with van der Waals surface area (Å²) in [6.45, 7) is 8.01. The Labute approximate surface area is 157 Å². The number of nitrogens with zero attached hydrogens (tertiary/aromatic N) is 3. The van der Waals surface area contributed by atoms with Gasteiger partial charge in [0.25, 0.3) is 5.56 Å². The van der Waals surface area contributed by atoms with Crippen LogP contribution in [-0.4, -0.2) is 34.0 Å². The van der Waals surface area contributed by atoms with E-state index < -0.39 is 0 Å². The van der Waals surface area contributed by atoms with Gasteiger partial charge in [-0.2, -0.15) is 10.1 Å². The summed E-state index contributed by atoms with van der Waals surface area (Å²) in [5, 5.41) is 8.03. The van der Waals surface area contributed by atoms with E-state index in [9.17, 15) is 4.79 Å². The Morgan fingerprint density at radius 2 is 1.96 bits per heavy atom. The summed E-state index contributed by atoms with van der Waals surface area (Å²) in [6.07, 6.45) is 1.55. The van der Waals surface area contributed by atoms with E-state index in [2.05, 4.69) is 20.4 Å². The molecule has 0 amide bonds. The van der Waals surface area contributed by atoms with Gasteiger partial charge in [0, 0.05) is 11.6 Å². The topological polar surface area (TPSA) is 94.1 Å². The lowest BCUT2D eigenvalue weighted by Crippen LogP contribution is -2.24. The molecule has 2 N–H and O–H groups in total. The number of fused-ring (bicyclic) bond motifs is 1. The Hall–Kier alpha value is -3.03. The van der Waals surface area contributed by atoms with E-state index in [0.29, 0.717) is 28.5 Å². The van der Waals surface area contributed by atoms with Gasteiger partial charge in [-0.25, -0.2) is 4.68 Å². The van der Waals surface area contributed by atoms with Crippen LogP contribution in [0.3, 0.4) is 0 Å². The van der Waals surface area contributed by atoms with Gasteiger partial charge in [0.1, 0.15) is 16.9 Å². The lowest BCUT2D eigenvalue weighted by molar-refractivity contribution is 0.366. The number of ether oxygens (including phenoxy) is 2. The molecule has 8 heteroatoms. The van der Waals surface area contributed by atoms with E-state index in [4.69, 9.17) is 9.47 Å². The third-order valence-electron chi connectivity index (χ3n) is 4.33. The second-order valence-electron chi connectivity index (χ2n) is 7.35. The lowest BCUT2D eigenvalue weighted by Gasteiger charge is -2.21. The molecule has 0 saturated carbocycles. The van der Waals surface area contributed by atoms with Crippen molar-refractivity contribution in [3.63, 3.8) is 0 Å². The number of hydrogen-bond donors (Lipinski definition) is 2. The smallest absolute Gasteiger partial charge is 0.263 e. The van der Waals surface area contributed by atoms with Crippen LogP contribution in [0.1, 0.15) is 39.3 Å². The maximum absolute atomic E-state index is 12.4. The van der Waals surface area contributed by atoms with Crippen molar-refractivity contribution in [1.82, 2.24) is 19.7 Å². The number of anilines is 1. The molecule has 0 spiro atoms. The van der Waals surface area contributed by atoms with Crippen LogP contribution in [0.25, 0.3) is 11.0 Å². The summed E-state index contributed by atoms with van der Waals surface area (Å²) in [7, 11) is 3.22. The van der Waals surface area contributed by atoms with Crippen molar-refractivity contribution >= 4 is 17.0 Å². The van der Waals surface area contributed by atoms with E-state index in [1.165, 1.54) is 0 Å². The third-order valence-corrected chi connectivity index (χ3v) is 4.33. The fourth-order valence-corrected chi connectivity index (χ4v) is 2.94. The van der Waals surface area contributed by atoms with Crippen molar-refractivity contribution in [3.8, 4) is 11.5 Å². The molecule has 1 unspecified atom stereocenters. The first kappa shape index (κ1) is 18.8. The summed E-state index contributed by atoms with van der Waals surface area (Å²) in [5.74, 6) is 1.78. The zero-order valence-electron chi connectivity index (χ0n) is 16.5. The Balaban J connectivity index is 1.98. The van der Waals surface area contributed by atoms with E-state index in [-0.39, 0.29) is 17.1 Å². The zero-order chi connectivity index (χ0) is 19.8. The van der Waals surface area contributed by atoms with Crippen molar-refractivity contribution in [2.75, 3.05) is 19.5 Å². The average molecular weight is 371 g/mol. The van der Waals surface area contributed by atoms with Crippen LogP contribution in [0.15, 0.2) is 29.2 Å². The molecule has 0 aliphatic heterocycles. The van der Waals surface area contributed by atoms with Gasteiger partial charge in [-0.3, -0.25) is 9.78 Å². The van der Waals surface area contributed by atoms with Gasteiger partial charge in [-0.1, -0.05) is 0 Å². The first-order valence-electron chi connectivity index (χ1n) is 8.71. The molecule has 27 heavy (non-hydrogen) atoms. The van der Waals surface area contributed by atoms with Crippen molar-refractivity contribution in [1.29, 1.82) is 0 Å². The van der Waals surface area contributed by atoms with E-state index >= 15 is 0 Å². The normalized spacial score (nSPS) is 12.8. The van der Waals surface area contributed by atoms with E-state index in [1.807, 2.05) is 45.9 Å². The Bertz CT molecular complexity index is 1020. The van der Waals surface area contributed by atoms with Gasteiger partial charge < -0.3 is 14.8 Å². The van der Waals surface area contributed by atoms with Crippen LogP contribution >= 0.6 is 0 Å². The SMILES string of the molecule is COc1ccc(C(C)Nc2nc3c(cnn3C(C)(C)C)c(=O)[nH]2)c(OC)c1. The Kier molecular flexibility index (Phi) is 4.82. The molecule has 0 bridgehead atoms. The lowest BCUT2D eigenvalue weighted by atomic mass is 10.1. The van der Waals surface area contributed by atoms with Crippen molar-refractivity contribution < 1.29 is 9.47 Å². The molecule has 2 aromatic heterocycles. The molecule has 1 atom stereocenters. The minimum atomic E-state index is -0.287. The molecule has 0 aliphatic carbocycles. The maximum Gasteiger partial charge on any atom is 0.263 e. The van der Waals surface area contributed by atoms with Gasteiger partial charge >= 0.3 is 0 Å². The highest BCUT2D eigenvalue weighted by Crippen LogP contribution is 2.30. The summed E-state index contributed by atoms with van der Waals surface area (Å²) >= 11 is 0. The monoisotopic (exact) mass is 371 g/mol. The number of aromatic nitrogens is 4. The first-order valence-corrected chi connectivity index (χ1v) is 8.71. The van der Waals surface area contributed by atoms with E-state index in [0.717, 1.165) is 5.56 Å². The summed E-state index contributed by atoms with van der Waals surface area (Å²) in [5.41, 5.74) is 0.949. The first-order chi connectivity index (χ1) is 12.7. The highest BCUT2D eigenvalue weighted by molar-refractivity contribution is 5.74. The second-order valence-corrected chi connectivity index (χ2v) is 7.35. The van der Waals surface area contributed by atoms with Crippen LogP contribution in [0, 0.1) is 0 Å². The average Bonchev–Trinajstić information content (AvgIpc) is 3.05. The molecule has 144 valence electrons. The van der Waals surface area contributed by atoms with Crippen LogP contribution in [0.4, 0.5) is 5.95 Å². The molecular formula is C19H25N5O3. The van der Waals surface area contributed by atoms with Gasteiger partial charge in [-0.15, -0.1) is 0 Å². The largest absolute Gasteiger partial charge is 0.497 e. The van der Waals surface area contributed by atoms with Crippen molar-refractivity contribution in [2.45, 2.75) is 39.3 Å². The highest BCUT2D eigenvalue weighted by Gasteiger charge is 2.21. The molecule has 2 heterocycles. The van der Waals surface area contributed by atoms with E-state index in [1.54, 1.807) is 25.1 Å². The molecular weight excluding hydrogens is 346 g/mol. The van der Waals surface area contributed by atoms with Crippen LogP contribution in [-0.2, 0) is 5.54 Å². The standard InChI is InChI=1S/C19H25N5O3/c1-11(13-8-7-12(26-5)9-15(13)27-6)21-18-22-16-14(17(25)23-18)10-20-24(16)19(2,3)4/h7-11H,1-6H3,(H2,21,22,23,25). The molecule has 0 radical (unpaired) electrons. The fourth-order valence-electron chi connectivity index (χ4n) is 2.94. The number of nitrogens with one attached hydrogen (secondary N) is 2. The molecule has 8 nitrogen and oxygen atoms in total.